The van der Waals surface area contributed by atoms with Crippen LogP contribution in [-0.4, -0.2) is 37.2 Å². The minimum Gasteiger partial charge on any atom is -0.489 e. The van der Waals surface area contributed by atoms with Crippen molar-refractivity contribution >= 4 is 0 Å². The number of piperidine rings is 1. The summed E-state index contributed by atoms with van der Waals surface area (Å²) in [6.07, 6.45) is 3.93. The van der Waals surface area contributed by atoms with Gasteiger partial charge in [-0.3, -0.25) is 4.90 Å². The standard InChI is InChI=1S/C16H24N2O/c1-2-18-10-4-6-14(12-18)19-16-7-3-5-13-8-9-17-11-15(13)16/h3,5,7,14,17H,2,4,6,8-12H2,1H3. The van der Waals surface area contributed by atoms with Gasteiger partial charge >= 0.3 is 0 Å². The minimum absolute atomic E-state index is 0.363. The molecule has 3 nitrogen and oxygen atoms in total. The molecule has 1 aromatic carbocycles. The summed E-state index contributed by atoms with van der Waals surface area (Å²) in [6, 6.07) is 6.51. The van der Waals surface area contributed by atoms with E-state index in [0.29, 0.717) is 6.10 Å². The van der Waals surface area contributed by atoms with Gasteiger partial charge in [0.1, 0.15) is 11.9 Å². The Morgan fingerprint density at radius 3 is 3.26 bits per heavy atom. The Bertz CT molecular complexity index is 433. The van der Waals surface area contributed by atoms with Crippen molar-refractivity contribution in [2.45, 2.75) is 38.8 Å². The normalized spacial score (nSPS) is 23.9. The molecule has 1 saturated heterocycles. The lowest BCUT2D eigenvalue weighted by Crippen LogP contribution is -2.41. The van der Waals surface area contributed by atoms with E-state index in [1.54, 1.807) is 0 Å². The summed E-state index contributed by atoms with van der Waals surface area (Å²) in [5.74, 6) is 1.10. The van der Waals surface area contributed by atoms with Crippen LogP contribution in [-0.2, 0) is 13.0 Å². The van der Waals surface area contributed by atoms with E-state index in [2.05, 4.69) is 35.3 Å². The topological polar surface area (TPSA) is 24.5 Å². The Morgan fingerprint density at radius 2 is 2.37 bits per heavy atom. The van der Waals surface area contributed by atoms with E-state index in [1.807, 2.05) is 0 Å². The fraction of sp³-hybridized carbons (Fsp3) is 0.625. The van der Waals surface area contributed by atoms with E-state index in [4.69, 9.17) is 4.74 Å². The summed E-state index contributed by atoms with van der Waals surface area (Å²) in [6.45, 7) is 7.71. The highest BCUT2D eigenvalue weighted by atomic mass is 16.5. The number of likely N-dealkylation sites (tertiary alicyclic amines) is 1. The highest BCUT2D eigenvalue weighted by molar-refractivity contribution is 5.41. The van der Waals surface area contributed by atoms with Gasteiger partial charge in [-0.05, 0) is 50.5 Å². The number of hydrogen-bond donors (Lipinski definition) is 1. The molecule has 0 saturated carbocycles. The first-order chi connectivity index (χ1) is 9.36. The van der Waals surface area contributed by atoms with E-state index in [1.165, 1.54) is 30.5 Å². The smallest absolute Gasteiger partial charge is 0.124 e. The fourth-order valence-electron chi connectivity index (χ4n) is 3.17. The monoisotopic (exact) mass is 260 g/mol. The van der Waals surface area contributed by atoms with Crippen molar-refractivity contribution in [2.24, 2.45) is 0 Å². The Balaban J connectivity index is 1.72. The lowest BCUT2D eigenvalue weighted by atomic mass is 10.00. The van der Waals surface area contributed by atoms with Crippen LogP contribution in [0.2, 0.25) is 0 Å². The predicted molar refractivity (Wildman–Crippen MR) is 77.6 cm³/mol. The van der Waals surface area contributed by atoms with Gasteiger partial charge in [-0.2, -0.15) is 0 Å². The third-order valence-corrected chi connectivity index (χ3v) is 4.31. The maximum Gasteiger partial charge on any atom is 0.124 e. The van der Waals surface area contributed by atoms with Gasteiger partial charge in [-0.1, -0.05) is 19.1 Å². The summed E-state index contributed by atoms with van der Waals surface area (Å²) >= 11 is 0. The maximum atomic E-state index is 6.30. The summed E-state index contributed by atoms with van der Waals surface area (Å²) < 4.78 is 6.30. The summed E-state index contributed by atoms with van der Waals surface area (Å²) in [4.78, 5) is 2.49. The third kappa shape index (κ3) is 2.93. The first-order valence-electron chi connectivity index (χ1n) is 7.57. The second-order valence-electron chi connectivity index (χ2n) is 5.60. The molecule has 1 unspecified atom stereocenters. The van der Waals surface area contributed by atoms with Crippen molar-refractivity contribution in [3.8, 4) is 5.75 Å². The molecule has 0 amide bonds. The van der Waals surface area contributed by atoms with Gasteiger partial charge in [0.2, 0.25) is 0 Å². The second-order valence-corrected chi connectivity index (χ2v) is 5.60. The molecule has 0 aromatic heterocycles. The van der Waals surface area contributed by atoms with Gasteiger partial charge in [-0.15, -0.1) is 0 Å². The number of likely N-dealkylation sites (N-methyl/N-ethyl adjacent to an activating group) is 1. The number of nitrogens with zero attached hydrogens (tertiary/aromatic N) is 1. The van der Waals surface area contributed by atoms with Crippen molar-refractivity contribution in [3.05, 3.63) is 29.3 Å². The second kappa shape index (κ2) is 5.93. The van der Waals surface area contributed by atoms with Crippen LogP contribution in [0.5, 0.6) is 5.75 Å². The molecule has 1 fully saturated rings. The van der Waals surface area contributed by atoms with Crippen LogP contribution in [0, 0.1) is 0 Å². The number of ether oxygens (including phenoxy) is 1. The van der Waals surface area contributed by atoms with Crippen LogP contribution in [0.25, 0.3) is 0 Å². The molecule has 3 rings (SSSR count). The van der Waals surface area contributed by atoms with Gasteiger partial charge < -0.3 is 10.1 Å². The summed E-state index contributed by atoms with van der Waals surface area (Å²) in [5.41, 5.74) is 2.83. The molecule has 0 spiro atoms. The highest BCUT2D eigenvalue weighted by Crippen LogP contribution is 2.27. The molecule has 0 aliphatic carbocycles. The average molecular weight is 260 g/mol. The van der Waals surface area contributed by atoms with Gasteiger partial charge in [0.15, 0.2) is 0 Å². The molecule has 2 heterocycles. The lowest BCUT2D eigenvalue weighted by Gasteiger charge is -2.33. The third-order valence-electron chi connectivity index (χ3n) is 4.31. The van der Waals surface area contributed by atoms with Crippen LogP contribution < -0.4 is 10.1 Å². The van der Waals surface area contributed by atoms with Gasteiger partial charge in [0.25, 0.3) is 0 Å². The zero-order valence-corrected chi connectivity index (χ0v) is 11.8. The van der Waals surface area contributed by atoms with E-state index in [-0.39, 0.29) is 0 Å². The average Bonchev–Trinajstić information content (AvgIpc) is 2.48. The predicted octanol–water partition coefficient (Wildman–Crippen LogP) is 2.20. The Labute approximate surface area is 115 Å². The quantitative estimate of drug-likeness (QED) is 0.901. The molecule has 19 heavy (non-hydrogen) atoms. The van der Waals surface area contributed by atoms with E-state index >= 15 is 0 Å². The molecule has 3 heteroatoms. The Hall–Kier alpha value is -1.06. The fourth-order valence-corrected chi connectivity index (χ4v) is 3.17. The number of benzene rings is 1. The molecule has 2 aliphatic heterocycles. The van der Waals surface area contributed by atoms with Crippen molar-refractivity contribution in [1.82, 2.24) is 10.2 Å². The molecule has 2 aliphatic rings. The first-order valence-corrected chi connectivity index (χ1v) is 7.57. The van der Waals surface area contributed by atoms with Gasteiger partial charge in [-0.25, -0.2) is 0 Å². The van der Waals surface area contributed by atoms with E-state index in [0.717, 1.165) is 38.3 Å². The zero-order chi connectivity index (χ0) is 13.1. The Kier molecular flexibility index (Phi) is 4.04. The number of hydrogen-bond acceptors (Lipinski definition) is 3. The largest absolute Gasteiger partial charge is 0.489 e. The Morgan fingerprint density at radius 1 is 1.42 bits per heavy atom. The summed E-state index contributed by atoms with van der Waals surface area (Å²) in [5, 5.41) is 3.45. The van der Waals surface area contributed by atoms with Gasteiger partial charge in [0.05, 0.1) is 0 Å². The van der Waals surface area contributed by atoms with E-state index in [9.17, 15) is 0 Å². The number of rotatable bonds is 3. The van der Waals surface area contributed by atoms with Crippen LogP contribution >= 0.6 is 0 Å². The summed E-state index contributed by atoms with van der Waals surface area (Å²) in [7, 11) is 0. The highest BCUT2D eigenvalue weighted by Gasteiger charge is 2.22. The number of fused-ring (bicyclic) bond motifs is 1. The SMILES string of the molecule is CCN1CCCC(Oc2cccc3c2CNCC3)C1. The molecule has 0 radical (unpaired) electrons. The minimum atomic E-state index is 0.363. The molecule has 1 atom stereocenters. The van der Waals surface area contributed by atoms with Crippen molar-refractivity contribution < 1.29 is 4.74 Å². The molecule has 1 aromatic rings. The van der Waals surface area contributed by atoms with Crippen LogP contribution in [0.4, 0.5) is 0 Å². The van der Waals surface area contributed by atoms with Crippen molar-refractivity contribution in [2.75, 3.05) is 26.2 Å². The number of nitrogens with one attached hydrogen (secondary N) is 1. The molecule has 1 N–H and O–H groups in total. The van der Waals surface area contributed by atoms with E-state index < -0.39 is 0 Å². The molecular formula is C16H24N2O. The lowest BCUT2D eigenvalue weighted by molar-refractivity contribution is 0.0909. The van der Waals surface area contributed by atoms with Crippen LogP contribution in [0.3, 0.4) is 0 Å². The first kappa shape index (κ1) is 12.9. The van der Waals surface area contributed by atoms with Crippen molar-refractivity contribution in [3.63, 3.8) is 0 Å². The van der Waals surface area contributed by atoms with Crippen LogP contribution in [0.1, 0.15) is 30.9 Å². The van der Waals surface area contributed by atoms with Gasteiger partial charge in [0, 0.05) is 18.7 Å². The molecular weight excluding hydrogens is 236 g/mol. The van der Waals surface area contributed by atoms with Crippen LogP contribution in [0.15, 0.2) is 18.2 Å². The molecule has 104 valence electrons. The zero-order valence-electron chi connectivity index (χ0n) is 11.8. The maximum absolute atomic E-state index is 6.30. The molecule has 0 bridgehead atoms. The van der Waals surface area contributed by atoms with Crippen molar-refractivity contribution in [1.29, 1.82) is 0 Å².